The molecule has 0 aliphatic carbocycles. The maximum Gasteiger partial charge on any atom is 0.323 e. The molecule has 2 N–H and O–H groups in total. The zero-order valence-corrected chi connectivity index (χ0v) is 11.7. The Bertz CT molecular complexity index is 530. The van der Waals surface area contributed by atoms with Gasteiger partial charge in [0.05, 0.1) is 0 Å². The fourth-order valence-electron chi connectivity index (χ4n) is 3.34. The third-order valence-corrected chi connectivity index (χ3v) is 4.35. The lowest BCUT2D eigenvalue weighted by Gasteiger charge is -2.32. The molecule has 1 spiro atoms. The smallest absolute Gasteiger partial charge is 0.311 e. The third-order valence-electron chi connectivity index (χ3n) is 4.35. The van der Waals surface area contributed by atoms with Gasteiger partial charge in [0.2, 0.25) is 0 Å². The van der Waals surface area contributed by atoms with Gasteiger partial charge in [0, 0.05) is 26.2 Å². The molecule has 0 radical (unpaired) electrons. The number of amidine groups is 1. The molecule has 106 valence electrons. The predicted molar refractivity (Wildman–Crippen MR) is 77.7 cm³/mol. The molecule has 2 aliphatic heterocycles. The lowest BCUT2D eigenvalue weighted by atomic mass is 9.96. The van der Waals surface area contributed by atoms with Crippen LogP contribution in [0, 0.1) is 5.41 Å². The molecule has 1 unspecified atom stereocenters. The summed E-state index contributed by atoms with van der Waals surface area (Å²) in [6, 6.07) is 10.2. The van der Waals surface area contributed by atoms with E-state index < -0.39 is 5.54 Å². The number of likely N-dealkylation sites (tertiary alicyclic amines) is 1. The Morgan fingerprint density at radius 1 is 1.35 bits per heavy atom. The van der Waals surface area contributed by atoms with E-state index >= 15 is 0 Å². The van der Waals surface area contributed by atoms with Crippen molar-refractivity contribution in [3.05, 3.63) is 35.9 Å². The molecule has 1 aromatic carbocycles. The third kappa shape index (κ3) is 1.98. The Morgan fingerprint density at radius 2 is 2.10 bits per heavy atom. The summed E-state index contributed by atoms with van der Waals surface area (Å²) in [6.07, 6.45) is 0.839. The molecular weight excluding hydrogens is 252 g/mol. The fraction of sp³-hybridized carbons (Fsp3) is 0.467. The maximum absolute atomic E-state index is 11.9. The zero-order valence-electron chi connectivity index (χ0n) is 11.7. The quantitative estimate of drug-likeness (QED) is 0.879. The summed E-state index contributed by atoms with van der Waals surface area (Å²) in [5.74, 6) is 0.361. The van der Waals surface area contributed by atoms with Crippen LogP contribution in [0.5, 0.6) is 0 Å². The molecule has 3 rings (SSSR count). The average molecular weight is 272 g/mol. The lowest BCUT2D eigenvalue weighted by Crippen LogP contribution is -2.51. The Kier molecular flexibility index (Phi) is 3.22. The van der Waals surface area contributed by atoms with Gasteiger partial charge >= 0.3 is 6.03 Å². The highest BCUT2D eigenvalue weighted by Gasteiger charge is 2.53. The van der Waals surface area contributed by atoms with E-state index in [1.165, 1.54) is 5.56 Å². The molecule has 20 heavy (non-hydrogen) atoms. The molecule has 1 atom stereocenters. The second-order valence-corrected chi connectivity index (χ2v) is 5.53. The van der Waals surface area contributed by atoms with E-state index in [9.17, 15) is 4.79 Å². The van der Waals surface area contributed by atoms with E-state index in [-0.39, 0.29) is 6.03 Å². The summed E-state index contributed by atoms with van der Waals surface area (Å²) in [5.41, 5.74) is 0.845. The van der Waals surface area contributed by atoms with Crippen LogP contribution < -0.4 is 5.32 Å². The minimum Gasteiger partial charge on any atom is -0.311 e. The van der Waals surface area contributed by atoms with Crippen LogP contribution in [0.1, 0.15) is 18.9 Å². The highest BCUT2D eigenvalue weighted by atomic mass is 16.2. The number of benzene rings is 1. The van der Waals surface area contributed by atoms with Crippen molar-refractivity contribution in [1.29, 1.82) is 5.41 Å². The molecule has 5 heteroatoms. The number of hydrogen-bond acceptors (Lipinski definition) is 3. The van der Waals surface area contributed by atoms with E-state index in [0.29, 0.717) is 12.4 Å². The number of nitrogens with zero attached hydrogens (tertiary/aromatic N) is 2. The van der Waals surface area contributed by atoms with Crippen LogP contribution in [0.25, 0.3) is 0 Å². The molecule has 1 aromatic rings. The van der Waals surface area contributed by atoms with E-state index in [1.807, 2.05) is 25.1 Å². The highest BCUT2D eigenvalue weighted by Crippen LogP contribution is 2.33. The summed E-state index contributed by atoms with van der Waals surface area (Å²) in [7, 11) is 0. The van der Waals surface area contributed by atoms with Gasteiger partial charge in [-0.1, -0.05) is 30.3 Å². The maximum atomic E-state index is 11.9. The number of carbonyl (C=O) groups is 1. The molecule has 2 heterocycles. The van der Waals surface area contributed by atoms with Gasteiger partial charge in [0.25, 0.3) is 0 Å². The van der Waals surface area contributed by atoms with Crippen molar-refractivity contribution < 1.29 is 4.79 Å². The molecule has 0 aromatic heterocycles. The van der Waals surface area contributed by atoms with Crippen molar-refractivity contribution in [2.75, 3.05) is 19.6 Å². The normalized spacial score (nSPS) is 26.6. The minimum absolute atomic E-state index is 0.126. The first kappa shape index (κ1) is 13.1. The number of rotatable bonds is 3. The minimum atomic E-state index is -0.430. The van der Waals surface area contributed by atoms with E-state index in [2.05, 4.69) is 22.3 Å². The van der Waals surface area contributed by atoms with Crippen molar-refractivity contribution >= 4 is 11.9 Å². The summed E-state index contributed by atoms with van der Waals surface area (Å²) >= 11 is 0. The van der Waals surface area contributed by atoms with Crippen molar-refractivity contribution in [1.82, 2.24) is 15.1 Å². The predicted octanol–water partition coefficient (Wildman–Crippen LogP) is 1.65. The van der Waals surface area contributed by atoms with Crippen LogP contribution >= 0.6 is 0 Å². The fourth-order valence-corrected chi connectivity index (χ4v) is 3.34. The number of urea groups is 1. The zero-order chi connectivity index (χ0) is 14.2. The van der Waals surface area contributed by atoms with Crippen LogP contribution in [0.4, 0.5) is 4.79 Å². The van der Waals surface area contributed by atoms with Gasteiger partial charge in [-0.25, -0.2) is 4.79 Å². The molecule has 2 fully saturated rings. The first-order valence-electron chi connectivity index (χ1n) is 7.09. The summed E-state index contributed by atoms with van der Waals surface area (Å²) in [5, 5.41) is 10.8. The van der Waals surface area contributed by atoms with Crippen molar-refractivity contribution in [2.45, 2.75) is 25.4 Å². The van der Waals surface area contributed by atoms with Crippen LogP contribution in [0.2, 0.25) is 0 Å². The largest absolute Gasteiger partial charge is 0.323 e. The lowest BCUT2D eigenvalue weighted by molar-refractivity contribution is 0.175. The Balaban J connectivity index is 1.75. The highest BCUT2D eigenvalue weighted by molar-refractivity contribution is 6.08. The number of amides is 2. The monoisotopic (exact) mass is 272 g/mol. The van der Waals surface area contributed by atoms with E-state index in [4.69, 9.17) is 5.41 Å². The van der Waals surface area contributed by atoms with Crippen LogP contribution in [0.3, 0.4) is 0 Å². The van der Waals surface area contributed by atoms with Gasteiger partial charge in [-0.2, -0.15) is 0 Å². The molecule has 0 saturated carbocycles. The Morgan fingerprint density at radius 3 is 2.80 bits per heavy atom. The number of likely N-dealkylation sites (N-methyl/N-ethyl adjacent to an activating group) is 1. The van der Waals surface area contributed by atoms with Gasteiger partial charge in [-0.3, -0.25) is 15.6 Å². The van der Waals surface area contributed by atoms with Crippen molar-refractivity contribution in [3.63, 3.8) is 0 Å². The second-order valence-electron chi connectivity index (χ2n) is 5.53. The average Bonchev–Trinajstić information content (AvgIpc) is 2.95. The van der Waals surface area contributed by atoms with Gasteiger partial charge in [-0.05, 0) is 18.9 Å². The van der Waals surface area contributed by atoms with Crippen molar-refractivity contribution in [2.24, 2.45) is 0 Å². The van der Waals surface area contributed by atoms with E-state index in [1.54, 1.807) is 4.90 Å². The number of carbonyl (C=O) groups excluding carboxylic acids is 1. The first-order chi connectivity index (χ1) is 9.65. The molecule has 2 aliphatic rings. The van der Waals surface area contributed by atoms with Gasteiger partial charge in [0.15, 0.2) is 0 Å². The molecular formula is C15H20N4O. The van der Waals surface area contributed by atoms with Crippen LogP contribution in [-0.2, 0) is 6.54 Å². The van der Waals surface area contributed by atoms with Gasteiger partial charge in [-0.15, -0.1) is 0 Å². The van der Waals surface area contributed by atoms with Gasteiger partial charge in [0.1, 0.15) is 11.4 Å². The van der Waals surface area contributed by atoms with Crippen molar-refractivity contribution in [3.8, 4) is 0 Å². The topological polar surface area (TPSA) is 59.4 Å². The molecule has 5 nitrogen and oxygen atoms in total. The van der Waals surface area contributed by atoms with Gasteiger partial charge < -0.3 is 4.90 Å². The van der Waals surface area contributed by atoms with E-state index in [0.717, 1.165) is 26.1 Å². The first-order valence-corrected chi connectivity index (χ1v) is 7.09. The molecule has 2 saturated heterocycles. The summed E-state index contributed by atoms with van der Waals surface area (Å²) in [6.45, 7) is 5.16. The number of nitrogens with one attached hydrogen (secondary N) is 2. The Hall–Kier alpha value is -1.88. The summed E-state index contributed by atoms with van der Waals surface area (Å²) in [4.78, 5) is 16.0. The SMILES string of the molecule is CCN1C(=O)NC(=N)C12CCN(Cc1ccccc1)C2. The Labute approximate surface area is 119 Å². The second kappa shape index (κ2) is 4.90. The standard InChI is InChI=1S/C15H20N4O/c1-2-19-14(20)17-13(16)15(19)8-9-18(11-15)10-12-6-4-3-5-7-12/h3-7H,2,8-11H2,1H3,(H2,16,17,20). The van der Waals surface area contributed by atoms with Crippen LogP contribution in [-0.4, -0.2) is 46.8 Å². The summed E-state index contributed by atoms with van der Waals surface area (Å²) < 4.78 is 0. The molecule has 2 amide bonds. The van der Waals surface area contributed by atoms with Crippen LogP contribution in [0.15, 0.2) is 30.3 Å². The molecule has 0 bridgehead atoms. The number of hydrogen-bond donors (Lipinski definition) is 2.